The molecule has 2 heterocycles. The summed E-state index contributed by atoms with van der Waals surface area (Å²) in [6, 6.07) is 15.5. The molecule has 0 fully saturated rings. The summed E-state index contributed by atoms with van der Waals surface area (Å²) >= 11 is 0. The quantitative estimate of drug-likeness (QED) is 0.524. The lowest BCUT2D eigenvalue weighted by Gasteiger charge is -2.08. The Labute approximate surface area is 164 Å². The second-order valence-corrected chi connectivity index (χ2v) is 6.59. The van der Waals surface area contributed by atoms with Crippen molar-refractivity contribution in [2.75, 3.05) is 23.7 Å². The monoisotopic (exact) mass is 376 g/mol. The van der Waals surface area contributed by atoms with E-state index in [9.17, 15) is 4.79 Å². The molecule has 3 N–H and O–H groups in total. The molecule has 1 aromatic carbocycles. The lowest BCUT2D eigenvalue weighted by atomic mass is 10.1. The predicted octanol–water partition coefficient (Wildman–Crippen LogP) is 3.00. The third-order valence-corrected chi connectivity index (χ3v) is 4.03. The summed E-state index contributed by atoms with van der Waals surface area (Å²) in [6.45, 7) is 5.09. The van der Waals surface area contributed by atoms with Crippen molar-refractivity contribution in [2.24, 2.45) is 0 Å². The number of nitrogens with one attached hydrogen (secondary N) is 3. The minimum atomic E-state index is 0.00336. The molecule has 0 aliphatic rings. The van der Waals surface area contributed by atoms with Crippen molar-refractivity contribution in [3.63, 3.8) is 0 Å². The first kappa shape index (κ1) is 19.3. The number of carbonyl (C=O) groups is 1. The summed E-state index contributed by atoms with van der Waals surface area (Å²) in [7, 11) is 0. The number of anilines is 3. The molecule has 28 heavy (non-hydrogen) atoms. The zero-order valence-corrected chi connectivity index (χ0v) is 16.1. The maximum Gasteiger partial charge on any atom is 0.224 e. The van der Waals surface area contributed by atoms with Gasteiger partial charge in [-0.2, -0.15) is 0 Å². The zero-order valence-electron chi connectivity index (χ0n) is 16.1. The number of amides is 1. The third kappa shape index (κ3) is 6.05. The smallest absolute Gasteiger partial charge is 0.224 e. The lowest BCUT2D eigenvalue weighted by molar-refractivity contribution is -0.120. The van der Waals surface area contributed by atoms with Gasteiger partial charge in [0.15, 0.2) is 5.82 Å². The van der Waals surface area contributed by atoms with Crippen LogP contribution in [0.2, 0.25) is 0 Å². The van der Waals surface area contributed by atoms with Crippen LogP contribution in [0.1, 0.15) is 16.7 Å². The number of rotatable bonds is 8. The van der Waals surface area contributed by atoms with Crippen molar-refractivity contribution < 1.29 is 4.79 Å². The first-order valence-corrected chi connectivity index (χ1v) is 9.18. The topological polar surface area (TPSA) is 91.8 Å². The fourth-order valence-corrected chi connectivity index (χ4v) is 2.63. The maximum absolute atomic E-state index is 12.0. The molecule has 0 aliphatic heterocycles. The minimum absolute atomic E-state index is 0.00336. The van der Waals surface area contributed by atoms with Crippen LogP contribution in [-0.2, 0) is 11.2 Å². The molecule has 0 radical (unpaired) electrons. The van der Waals surface area contributed by atoms with E-state index in [1.807, 2.05) is 62.4 Å². The Morgan fingerprint density at radius 2 is 1.68 bits per heavy atom. The van der Waals surface area contributed by atoms with Crippen LogP contribution in [0.4, 0.5) is 17.5 Å². The van der Waals surface area contributed by atoms with Gasteiger partial charge >= 0.3 is 0 Å². The average Bonchev–Trinajstić information content (AvgIpc) is 2.68. The first-order chi connectivity index (χ1) is 13.6. The van der Waals surface area contributed by atoms with Gasteiger partial charge in [-0.05, 0) is 43.2 Å². The van der Waals surface area contributed by atoms with Crippen LogP contribution in [-0.4, -0.2) is 34.2 Å². The summed E-state index contributed by atoms with van der Waals surface area (Å²) in [5.74, 6) is 1.99. The molecule has 2 aromatic heterocycles. The molecular weight excluding hydrogens is 352 g/mol. The minimum Gasteiger partial charge on any atom is -0.367 e. The van der Waals surface area contributed by atoms with E-state index in [4.69, 9.17) is 0 Å². The molecule has 0 unspecified atom stereocenters. The van der Waals surface area contributed by atoms with Crippen LogP contribution in [0.5, 0.6) is 0 Å². The van der Waals surface area contributed by atoms with Crippen LogP contribution in [0.3, 0.4) is 0 Å². The Hall–Kier alpha value is -3.48. The van der Waals surface area contributed by atoms with E-state index in [1.54, 1.807) is 6.20 Å². The molecule has 0 atom stereocenters. The van der Waals surface area contributed by atoms with E-state index >= 15 is 0 Å². The normalized spacial score (nSPS) is 10.4. The van der Waals surface area contributed by atoms with E-state index < -0.39 is 0 Å². The summed E-state index contributed by atoms with van der Waals surface area (Å²) < 4.78 is 0. The molecule has 0 aliphatic carbocycles. The number of pyridine rings is 1. The van der Waals surface area contributed by atoms with Crippen LogP contribution in [0.25, 0.3) is 0 Å². The number of nitrogens with zero attached hydrogens (tertiary/aromatic N) is 3. The van der Waals surface area contributed by atoms with Crippen molar-refractivity contribution in [2.45, 2.75) is 20.3 Å². The molecule has 7 heteroatoms. The zero-order chi connectivity index (χ0) is 19.8. The van der Waals surface area contributed by atoms with Gasteiger partial charge in [-0.3, -0.25) is 4.79 Å². The highest BCUT2D eigenvalue weighted by Crippen LogP contribution is 2.12. The summed E-state index contributed by atoms with van der Waals surface area (Å²) in [5, 5.41) is 17.4. The Morgan fingerprint density at radius 3 is 2.39 bits per heavy atom. The van der Waals surface area contributed by atoms with Gasteiger partial charge < -0.3 is 16.0 Å². The average molecular weight is 376 g/mol. The number of hydrogen-bond acceptors (Lipinski definition) is 6. The third-order valence-electron chi connectivity index (χ3n) is 4.03. The molecule has 1 amide bonds. The molecular formula is C21H24N6O. The standard InChI is InChI=1S/C21H24N6O/c1-15-4-3-5-17(12-15)13-21(28)23-11-10-22-19-8-9-20(27-26-19)25-18-7-6-16(2)14-24-18/h3-9,12,14H,10-11,13H2,1-2H3,(H,22,26)(H,23,28)(H,24,25,27). The van der Waals surface area contributed by atoms with Crippen LogP contribution < -0.4 is 16.0 Å². The highest BCUT2D eigenvalue weighted by atomic mass is 16.1. The maximum atomic E-state index is 12.0. The molecule has 7 nitrogen and oxygen atoms in total. The van der Waals surface area contributed by atoms with Gasteiger partial charge in [-0.1, -0.05) is 35.9 Å². The Balaban J connectivity index is 1.39. The Bertz CT molecular complexity index is 909. The second-order valence-electron chi connectivity index (χ2n) is 6.59. The van der Waals surface area contributed by atoms with Gasteiger partial charge in [0.2, 0.25) is 5.91 Å². The molecule has 0 saturated heterocycles. The highest BCUT2D eigenvalue weighted by Gasteiger charge is 2.03. The van der Waals surface area contributed by atoms with E-state index in [1.165, 1.54) is 0 Å². The second kappa shape index (κ2) is 9.45. The van der Waals surface area contributed by atoms with Gasteiger partial charge in [0.25, 0.3) is 0 Å². The molecule has 0 bridgehead atoms. The Kier molecular flexibility index (Phi) is 6.51. The number of hydrogen-bond donors (Lipinski definition) is 3. The van der Waals surface area contributed by atoms with Crippen molar-refractivity contribution in [1.29, 1.82) is 0 Å². The predicted molar refractivity (Wildman–Crippen MR) is 111 cm³/mol. The van der Waals surface area contributed by atoms with Crippen LogP contribution in [0, 0.1) is 13.8 Å². The molecule has 0 spiro atoms. The van der Waals surface area contributed by atoms with Crippen molar-refractivity contribution >= 4 is 23.4 Å². The molecule has 144 valence electrons. The number of carbonyl (C=O) groups excluding carboxylic acids is 1. The fraction of sp³-hybridized carbons (Fsp3) is 0.238. The van der Waals surface area contributed by atoms with Gasteiger partial charge in [-0.15, -0.1) is 10.2 Å². The lowest BCUT2D eigenvalue weighted by Crippen LogP contribution is -2.30. The van der Waals surface area contributed by atoms with Gasteiger partial charge in [0.1, 0.15) is 11.6 Å². The van der Waals surface area contributed by atoms with Gasteiger partial charge in [0.05, 0.1) is 6.42 Å². The largest absolute Gasteiger partial charge is 0.367 e. The van der Waals surface area contributed by atoms with E-state index in [0.717, 1.165) is 22.5 Å². The van der Waals surface area contributed by atoms with E-state index in [0.29, 0.717) is 31.1 Å². The van der Waals surface area contributed by atoms with Gasteiger partial charge in [-0.25, -0.2) is 4.98 Å². The van der Waals surface area contributed by atoms with Gasteiger partial charge in [0, 0.05) is 19.3 Å². The first-order valence-electron chi connectivity index (χ1n) is 9.18. The van der Waals surface area contributed by atoms with Crippen LogP contribution >= 0.6 is 0 Å². The van der Waals surface area contributed by atoms with Crippen LogP contribution in [0.15, 0.2) is 54.7 Å². The van der Waals surface area contributed by atoms with Crippen molar-refractivity contribution in [3.8, 4) is 0 Å². The number of aromatic nitrogens is 3. The molecule has 3 aromatic rings. The molecule has 0 saturated carbocycles. The van der Waals surface area contributed by atoms with E-state index in [2.05, 4.69) is 31.1 Å². The highest BCUT2D eigenvalue weighted by molar-refractivity contribution is 5.78. The Morgan fingerprint density at radius 1 is 0.893 bits per heavy atom. The number of benzene rings is 1. The summed E-state index contributed by atoms with van der Waals surface area (Å²) in [6.07, 6.45) is 2.17. The fourth-order valence-electron chi connectivity index (χ4n) is 2.63. The van der Waals surface area contributed by atoms with Crippen molar-refractivity contribution in [1.82, 2.24) is 20.5 Å². The molecule has 3 rings (SSSR count). The SMILES string of the molecule is Cc1ccc(Nc2ccc(NCCNC(=O)Cc3cccc(C)c3)nn2)nc1. The summed E-state index contributed by atoms with van der Waals surface area (Å²) in [5.41, 5.74) is 3.27. The number of aryl methyl sites for hydroxylation is 2. The van der Waals surface area contributed by atoms with Crippen molar-refractivity contribution in [3.05, 3.63) is 71.4 Å². The van der Waals surface area contributed by atoms with E-state index in [-0.39, 0.29) is 5.91 Å². The summed E-state index contributed by atoms with van der Waals surface area (Å²) in [4.78, 5) is 16.3.